The predicted octanol–water partition coefficient (Wildman–Crippen LogP) is 1.81. The Morgan fingerprint density at radius 2 is 2.15 bits per heavy atom. The molecule has 2 nitrogen and oxygen atoms in total. The van der Waals surface area contributed by atoms with Crippen molar-refractivity contribution in [2.75, 3.05) is 6.54 Å². The topological polar surface area (TPSA) is 24.9 Å². The minimum Gasteiger partial charge on any atom is -0.311 e. The Kier molecular flexibility index (Phi) is 2.03. The van der Waals surface area contributed by atoms with Gasteiger partial charge >= 0.3 is 6.18 Å². The van der Waals surface area contributed by atoms with Gasteiger partial charge in [-0.2, -0.15) is 13.2 Å². The van der Waals surface area contributed by atoms with E-state index in [2.05, 4.69) is 10.3 Å². The maximum Gasteiger partial charge on any atom is 0.443 e. The fourth-order valence-electron chi connectivity index (χ4n) is 1.25. The minimum atomic E-state index is -4.29. The zero-order valence-corrected chi connectivity index (χ0v) is 7.43. The molecule has 1 N–H and O–H groups in total. The third-order valence-electron chi connectivity index (χ3n) is 1.84. The molecule has 6 heteroatoms. The van der Waals surface area contributed by atoms with E-state index >= 15 is 0 Å². The summed E-state index contributed by atoms with van der Waals surface area (Å²) in [6.07, 6.45) is -3.63. The summed E-state index contributed by atoms with van der Waals surface area (Å²) in [6, 6.07) is 0. The number of rotatable bonds is 0. The molecule has 72 valence electrons. The van der Waals surface area contributed by atoms with E-state index in [-0.39, 0.29) is 0 Å². The Labute approximate surface area is 76.8 Å². The van der Waals surface area contributed by atoms with Crippen LogP contribution in [-0.4, -0.2) is 11.5 Å². The van der Waals surface area contributed by atoms with Crippen LogP contribution in [0, 0.1) is 0 Å². The van der Waals surface area contributed by atoms with Crippen LogP contribution in [0.15, 0.2) is 0 Å². The number of aromatic nitrogens is 1. The maximum absolute atomic E-state index is 12.2. The molecule has 0 unspecified atom stereocenters. The lowest BCUT2D eigenvalue weighted by Gasteiger charge is -2.09. The largest absolute Gasteiger partial charge is 0.443 e. The number of hydrogen-bond donors (Lipinski definition) is 1. The van der Waals surface area contributed by atoms with E-state index in [0.717, 1.165) is 22.8 Å². The van der Waals surface area contributed by atoms with Crippen molar-refractivity contribution in [3.8, 4) is 0 Å². The summed E-state index contributed by atoms with van der Waals surface area (Å²) in [5, 5.41) is 2.26. The van der Waals surface area contributed by atoms with E-state index in [9.17, 15) is 13.2 Å². The van der Waals surface area contributed by atoms with Crippen molar-refractivity contribution in [1.29, 1.82) is 0 Å². The Bertz CT molecular complexity index is 295. The summed E-state index contributed by atoms with van der Waals surface area (Å²) in [4.78, 5) is 4.32. The lowest BCUT2D eigenvalue weighted by molar-refractivity contribution is -0.137. The molecule has 0 aromatic carbocycles. The first kappa shape index (κ1) is 8.96. The fraction of sp³-hybridized carbons (Fsp3) is 0.571. The second-order valence-corrected chi connectivity index (χ2v) is 3.90. The van der Waals surface area contributed by atoms with Crippen LogP contribution in [0.4, 0.5) is 13.2 Å². The first-order valence-electron chi connectivity index (χ1n) is 3.84. The SMILES string of the molecule is FC(F)(F)c1nc2c(s1)CCNC2. The van der Waals surface area contributed by atoms with Crippen LogP contribution in [0.5, 0.6) is 0 Å². The molecule has 0 bridgehead atoms. The lowest BCUT2D eigenvalue weighted by Crippen LogP contribution is -2.22. The molecule has 0 spiro atoms. The predicted molar refractivity (Wildman–Crippen MR) is 42.5 cm³/mol. The lowest BCUT2D eigenvalue weighted by atomic mass is 10.2. The van der Waals surface area contributed by atoms with Gasteiger partial charge in [0.05, 0.1) is 5.69 Å². The van der Waals surface area contributed by atoms with E-state index in [1.165, 1.54) is 0 Å². The summed E-state index contributed by atoms with van der Waals surface area (Å²) >= 11 is 0.766. The van der Waals surface area contributed by atoms with Gasteiger partial charge in [-0.25, -0.2) is 4.98 Å². The molecule has 1 aliphatic heterocycles. The first-order chi connectivity index (χ1) is 6.07. The molecular formula is C7H7F3N2S. The van der Waals surface area contributed by atoms with Gasteiger partial charge in [0.2, 0.25) is 0 Å². The maximum atomic E-state index is 12.2. The molecule has 0 amide bonds. The molecule has 1 aliphatic rings. The van der Waals surface area contributed by atoms with E-state index in [4.69, 9.17) is 0 Å². The van der Waals surface area contributed by atoms with Crippen LogP contribution in [0.3, 0.4) is 0 Å². The Morgan fingerprint density at radius 1 is 1.38 bits per heavy atom. The standard InChI is InChI=1S/C7H7F3N2S/c8-7(9,10)6-12-4-3-11-2-1-5(4)13-6/h11H,1-3H2. The van der Waals surface area contributed by atoms with Crippen molar-refractivity contribution in [1.82, 2.24) is 10.3 Å². The molecule has 2 heterocycles. The first-order valence-corrected chi connectivity index (χ1v) is 4.65. The average molecular weight is 208 g/mol. The second kappa shape index (κ2) is 2.95. The molecule has 0 radical (unpaired) electrons. The number of fused-ring (bicyclic) bond motifs is 1. The van der Waals surface area contributed by atoms with Gasteiger partial charge in [0, 0.05) is 18.0 Å². The highest BCUT2D eigenvalue weighted by Gasteiger charge is 2.36. The summed E-state index contributed by atoms with van der Waals surface area (Å²) in [6.45, 7) is 1.20. The van der Waals surface area contributed by atoms with E-state index in [1.54, 1.807) is 0 Å². The normalized spacial score (nSPS) is 17.2. The van der Waals surface area contributed by atoms with Crippen LogP contribution in [-0.2, 0) is 19.1 Å². The van der Waals surface area contributed by atoms with Crippen LogP contribution >= 0.6 is 11.3 Å². The van der Waals surface area contributed by atoms with Gasteiger partial charge in [0.1, 0.15) is 0 Å². The number of hydrogen-bond acceptors (Lipinski definition) is 3. The van der Waals surface area contributed by atoms with Crippen LogP contribution in [0.1, 0.15) is 15.6 Å². The molecular weight excluding hydrogens is 201 g/mol. The minimum absolute atomic E-state index is 0.460. The second-order valence-electron chi connectivity index (χ2n) is 2.81. The Morgan fingerprint density at radius 3 is 2.77 bits per heavy atom. The van der Waals surface area contributed by atoms with Crippen LogP contribution < -0.4 is 5.32 Å². The number of halogens is 3. The van der Waals surface area contributed by atoms with E-state index in [0.29, 0.717) is 18.7 Å². The Hall–Kier alpha value is -0.620. The molecule has 13 heavy (non-hydrogen) atoms. The highest BCUT2D eigenvalue weighted by atomic mass is 32.1. The number of thiazole rings is 1. The van der Waals surface area contributed by atoms with Crippen molar-refractivity contribution < 1.29 is 13.2 Å². The molecule has 0 saturated heterocycles. The fourth-order valence-corrected chi connectivity index (χ4v) is 2.19. The summed E-state index contributed by atoms with van der Waals surface area (Å²) in [7, 11) is 0. The third kappa shape index (κ3) is 1.68. The number of nitrogens with one attached hydrogen (secondary N) is 1. The Balaban J connectivity index is 2.36. The monoisotopic (exact) mass is 208 g/mol. The third-order valence-corrected chi connectivity index (χ3v) is 3.04. The van der Waals surface area contributed by atoms with Crippen LogP contribution in [0.2, 0.25) is 0 Å². The van der Waals surface area contributed by atoms with Crippen molar-refractivity contribution in [3.05, 3.63) is 15.6 Å². The molecule has 2 rings (SSSR count). The number of alkyl halides is 3. The molecule has 0 aliphatic carbocycles. The zero-order chi connectivity index (χ0) is 9.47. The molecule has 0 fully saturated rings. The van der Waals surface area contributed by atoms with Crippen molar-refractivity contribution in [3.63, 3.8) is 0 Å². The summed E-state index contributed by atoms with van der Waals surface area (Å²) < 4.78 is 36.6. The quantitative estimate of drug-likeness (QED) is 0.703. The summed E-state index contributed by atoms with van der Waals surface area (Å²) in [5.74, 6) is 0. The average Bonchev–Trinajstić information content (AvgIpc) is 2.45. The smallest absolute Gasteiger partial charge is 0.311 e. The van der Waals surface area contributed by atoms with Gasteiger partial charge in [0.25, 0.3) is 0 Å². The van der Waals surface area contributed by atoms with Gasteiger partial charge in [-0.15, -0.1) is 11.3 Å². The highest BCUT2D eigenvalue weighted by molar-refractivity contribution is 7.11. The molecule has 1 aromatic heterocycles. The van der Waals surface area contributed by atoms with Gasteiger partial charge in [-0.3, -0.25) is 0 Å². The van der Waals surface area contributed by atoms with E-state index < -0.39 is 11.2 Å². The highest BCUT2D eigenvalue weighted by Crippen LogP contribution is 2.34. The van der Waals surface area contributed by atoms with Crippen LogP contribution in [0.25, 0.3) is 0 Å². The summed E-state index contributed by atoms with van der Waals surface area (Å²) in [5.41, 5.74) is 0.559. The van der Waals surface area contributed by atoms with Gasteiger partial charge in [-0.05, 0) is 6.42 Å². The molecule has 1 aromatic rings. The molecule has 0 atom stereocenters. The van der Waals surface area contributed by atoms with Gasteiger partial charge in [-0.1, -0.05) is 0 Å². The van der Waals surface area contributed by atoms with Gasteiger partial charge < -0.3 is 5.32 Å². The van der Waals surface area contributed by atoms with E-state index in [1.807, 2.05) is 0 Å². The van der Waals surface area contributed by atoms with Gasteiger partial charge in [0.15, 0.2) is 5.01 Å². The zero-order valence-electron chi connectivity index (χ0n) is 6.61. The van der Waals surface area contributed by atoms with Crippen molar-refractivity contribution in [2.45, 2.75) is 19.1 Å². The van der Waals surface area contributed by atoms with Crippen molar-refractivity contribution in [2.24, 2.45) is 0 Å². The number of nitrogens with zero attached hydrogens (tertiary/aromatic N) is 1. The van der Waals surface area contributed by atoms with Crippen molar-refractivity contribution >= 4 is 11.3 Å². The molecule has 0 saturated carbocycles.